The van der Waals surface area contributed by atoms with Crippen molar-refractivity contribution >= 4 is 6.79 Å². The fourth-order valence-corrected chi connectivity index (χ4v) is 0. The molecule has 0 aromatic carbocycles. The fourth-order valence-electron chi connectivity index (χ4n) is 0. The molecule has 0 aromatic rings. The van der Waals surface area contributed by atoms with E-state index in [1.165, 1.54) is 0 Å². The van der Waals surface area contributed by atoms with Crippen LogP contribution in [0.4, 0.5) is 0 Å². The molecule has 0 saturated carbocycles. The van der Waals surface area contributed by atoms with Crippen molar-refractivity contribution in [2.75, 3.05) is 13.2 Å². The molecule has 0 spiro atoms. The standard InChI is InChI=1S/C2H4O.C2H4.CH2O/c1-2-3-1;2*1-2/h1-2H2;1-2H2;1H2. The lowest BCUT2D eigenvalue weighted by atomic mass is 11.0. The van der Waals surface area contributed by atoms with E-state index in [4.69, 9.17) is 4.79 Å². The maximum Gasteiger partial charge on any atom is 0.106 e. The SMILES string of the molecule is C1CO1.C=C.C=O. The predicted octanol–water partition coefficient (Wildman–Crippen LogP) is 0.634. The second kappa shape index (κ2) is 18.3. The molecule has 0 atom stereocenters. The highest BCUT2D eigenvalue weighted by Gasteiger charge is 1.94. The molecule has 2 heteroatoms. The Morgan fingerprint density at radius 2 is 1.29 bits per heavy atom. The average molecular weight is 102 g/mol. The average Bonchev–Trinajstić information content (AvgIpc) is 2.58. The molecule has 0 unspecified atom stereocenters. The van der Waals surface area contributed by atoms with Gasteiger partial charge in [-0.15, -0.1) is 13.2 Å². The van der Waals surface area contributed by atoms with Gasteiger partial charge in [-0.25, -0.2) is 0 Å². The Morgan fingerprint density at radius 1 is 1.14 bits per heavy atom. The quantitative estimate of drug-likeness (QED) is 0.331. The maximum atomic E-state index is 8.00. The van der Waals surface area contributed by atoms with E-state index in [1.54, 1.807) is 0 Å². The summed E-state index contributed by atoms with van der Waals surface area (Å²) in [6.07, 6.45) is 0. The lowest BCUT2D eigenvalue weighted by Crippen LogP contribution is -1.20. The summed E-state index contributed by atoms with van der Waals surface area (Å²) in [4.78, 5) is 8.00. The van der Waals surface area contributed by atoms with Gasteiger partial charge in [0.25, 0.3) is 0 Å². The van der Waals surface area contributed by atoms with Gasteiger partial charge >= 0.3 is 0 Å². The van der Waals surface area contributed by atoms with E-state index >= 15 is 0 Å². The summed E-state index contributed by atoms with van der Waals surface area (Å²) in [6.45, 7) is 10.0. The molecule has 0 aliphatic carbocycles. The molecule has 0 N–H and O–H groups in total. The Labute approximate surface area is 43.8 Å². The van der Waals surface area contributed by atoms with Crippen LogP contribution in [0.2, 0.25) is 0 Å². The lowest BCUT2D eigenvalue weighted by molar-refractivity contribution is -0.0979. The van der Waals surface area contributed by atoms with Crippen LogP contribution in [0.3, 0.4) is 0 Å². The van der Waals surface area contributed by atoms with Crippen molar-refractivity contribution < 1.29 is 9.53 Å². The number of hydrogen-bond donors (Lipinski definition) is 0. The van der Waals surface area contributed by atoms with Crippen LogP contribution in [0.15, 0.2) is 13.2 Å². The van der Waals surface area contributed by atoms with Crippen LogP contribution >= 0.6 is 0 Å². The summed E-state index contributed by atoms with van der Waals surface area (Å²) in [5.74, 6) is 0. The first-order chi connectivity index (χ1) is 3.50. The van der Waals surface area contributed by atoms with Gasteiger partial charge in [0.2, 0.25) is 0 Å². The van der Waals surface area contributed by atoms with Crippen molar-refractivity contribution in [3.63, 3.8) is 0 Å². The van der Waals surface area contributed by atoms with E-state index in [1.807, 2.05) is 6.79 Å². The van der Waals surface area contributed by atoms with Crippen molar-refractivity contribution in [1.82, 2.24) is 0 Å². The molecule has 7 heavy (non-hydrogen) atoms. The van der Waals surface area contributed by atoms with E-state index in [9.17, 15) is 0 Å². The molecular weight excluding hydrogens is 92.1 g/mol. The zero-order chi connectivity index (χ0) is 6.12. The van der Waals surface area contributed by atoms with Gasteiger partial charge in [-0.05, 0) is 0 Å². The Kier molecular flexibility index (Phi) is 25.1. The molecule has 1 fully saturated rings. The lowest BCUT2D eigenvalue weighted by Gasteiger charge is -1.24. The van der Waals surface area contributed by atoms with Gasteiger partial charge in [0.15, 0.2) is 0 Å². The van der Waals surface area contributed by atoms with E-state index in [0.29, 0.717) is 0 Å². The zero-order valence-corrected chi connectivity index (χ0v) is 4.35. The third-order valence-electron chi connectivity index (χ3n) is 0.204. The third kappa shape index (κ3) is 445. The summed E-state index contributed by atoms with van der Waals surface area (Å²) in [7, 11) is 0. The predicted molar refractivity (Wildman–Crippen MR) is 29.2 cm³/mol. The number of carbonyl (C=O) groups is 1. The van der Waals surface area contributed by atoms with Gasteiger partial charge < -0.3 is 9.53 Å². The molecule has 0 radical (unpaired) electrons. The van der Waals surface area contributed by atoms with Crippen molar-refractivity contribution in [3.05, 3.63) is 13.2 Å². The molecule has 0 bridgehead atoms. The monoisotopic (exact) mass is 102 g/mol. The molecular formula is C5H10O2. The van der Waals surface area contributed by atoms with Crippen LogP contribution < -0.4 is 0 Å². The smallest absolute Gasteiger partial charge is 0.106 e. The van der Waals surface area contributed by atoms with Crippen molar-refractivity contribution in [2.45, 2.75) is 0 Å². The van der Waals surface area contributed by atoms with Gasteiger partial charge in [0, 0.05) is 0 Å². The Morgan fingerprint density at radius 3 is 1.29 bits per heavy atom. The highest BCUT2D eigenvalue weighted by molar-refractivity contribution is 5.10. The van der Waals surface area contributed by atoms with Crippen LogP contribution in [0.5, 0.6) is 0 Å². The summed E-state index contributed by atoms with van der Waals surface area (Å²) in [5, 5.41) is 0. The summed E-state index contributed by atoms with van der Waals surface area (Å²) in [5.41, 5.74) is 0. The van der Waals surface area contributed by atoms with E-state index < -0.39 is 0 Å². The zero-order valence-electron chi connectivity index (χ0n) is 4.35. The Balaban J connectivity index is 0. The first kappa shape index (κ1) is 9.62. The molecule has 0 aromatic heterocycles. The Bertz CT molecular complexity index is 22.5. The molecule has 42 valence electrons. The number of hydrogen-bond acceptors (Lipinski definition) is 2. The van der Waals surface area contributed by atoms with E-state index in [0.717, 1.165) is 13.2 Å². The largest absolute Gasteiger partial charge is 0.377 e. The van der Waals surface area contributed by atoms with Crippen LogP contribution in [-0.2, 0) is 9.53 Å². The first-order valence-electron chi connectivity index (χ1n) is 1.87. The van der Waals surface area contributed by atoms with Crippen molar-refractivity contribution in [1.29, 1.82) is 0 Å². The highest BCUT2D eigenvalue weighted by atomic mass is 16.6. The Hall–Kier alpha value is -0.630. The minimum absolute atomic E-state index is 1.00. The number of rotatable bonds is 0. The number of epoxide rings is 1. The molecule has 2 nitrogen and oxygen atoms in total. The van der Waals surface area contributed by atoms with E-state index in [-0.39, 0.29) is 0 Å². The topological polar surface area (TPSA) is 29.6 Å². The molecule has 1 rings (SSSR count). The summed E-state index contributed by atoms with van der Waals surface area (Å²) >= 11 is 0. The molecule has 0 amide bonds. The van der Waals surface area contributed by atoms with Gasteiger partial charge in [0.05, 0.1) is 13.2 Å². The number of carbonyl (C=O) groups excluding carboxylic acids is 1. The second-order valence-corrected chi connectivity index (χ2v) is 0.612. The minimum atomic E-state index is 1.00. The molecule has 1 heterocycles. The van der Waals surface area contributed by atoms with Crippen LogP contribution in [-0.4, -0.2) is 20.0 Å². The molecule has 1 aliphatic heterocycles. The second-order valence-electron chi connectivity index (χ2n) is 0.612. The summed E-state index contributed by atoms with van der Waals surface area (Å²) in [6, 6.07) is 0. The van der Waals surface area contributed by atoms with Gasteiger partial charge in [-0.3, -0.25) is 0 Å². The van der Waals surface area contributed by atoms with Crippen LogP contribution in [0.1, 0.15) is 0 Å². The molecule has 1 saturated heterocycles. The highest BCUT2D eigenvalue weighted by Crippen LogP contribution is 1.84. The minimum Gasteiger partial charge on any atom is -0.377 e. The van der Waals surface area contributed by atoms with Gasteiger partial charge in [0.1, 0.15) is 6.79 Å². The fraction of sp³-hybridized carbons (Fsp3) is 0.400. The number of ether oxygens (including phenoxy) is 1. The third-order valence-corrected chi connectivity index (χ3v) is 0.204. The van der Waals surface area contributed by atoms with Crippen LogP contribution in [0.25, 0.3) is 0 Å². The van der Waals surface area contributed by atoms with Crippen molar-refractivity contribution in [3.8, 4) is 0 Å². The van der Waals surface area contributed by atoms with Gasteiger partial charge in [-0.1, -0.05) is 0 Å². The normalized spacial score (nSPS) is 11.4. The van der Waals surface area contributed by atoms with Crippen molar-refractivity contribution in [2.24, 2.45) is 0 Å². The van der Waals surface area contributed by atoms with Gasteiger partial charge in [-0.2, -0.15) is 0 Å². The first-order valence-corrected chi connectivity index (χ1v) is 1.87. The molecule has 1 aliphatic rings. The van der Waals surface area contributed by atoms with Crippen LogP contribution in [0, 0.1) is 0 Å². The maximum absolute atomic E-state index is 8.00. The van der Waals surface area contributed by atoms with E-state index in [2.05, 4.69) is 17.9 Å². The summed E-state index contributed by atoms with van der Waals surface area (Å²) < 4.78 is 4.50.